The van der Waals surface area contributed by atoms with Crippen molar-refractivity contribution in [2.45, 2.75) is 19.1 Å². The summed E-state index contributed by atoms with van der Waals surface area (Å²) in [5.41, 5.74) is 0. The van der Waals surface area contributed by atoms with Crippen LogP contribution in [0, 0.1) is 0 Å². The molecule has 5 heteroatoms. The zero-order valence-corrected chi connectivity index (χ0v) is 6.02. The molecule has 5 nitrogen and oxygen atoms in total. The van der Waals surface area contributed by atoms with E-state index >= 15 is 0 Å². The van der Waals surface area contributed by atoms with Crippen molar-refractivity contribution in [3.05, 3.63) is 0 Å². The zero-order valence-electron chi connectivity index (χ0n) is 6.02. The minimum Gasteiger partial charge on any atom is -0.394 e. The second-order valence-corrected chi connectivity index (χ2v) is 2.12. The number of aliphatic hydroxyl groups excluding tert-OH is 3. The van der Waals surface area contributed by atoms with E-state index in [0.717, 1.165) is 6.92 Å². The molecule has 0 saturated heterocycles. The van der Waals surface area contributed by atoms with Gasteiger partial charge in [-0.25, -0.2) is 0 Å². The summed E-state index contributed by atoms with van der Waals surface area (Å²) in [6, 6.07) is 0. The first-order valence-corrected chi connectivity index (χ1v) is 3.02. The lowest BCUT2D eigenvalue weighted by Crippen LogP contribution is -2.39. The Balaban J connectivity index is 4.13. The van der Waals surface area contributed by atoms with E-state index in [1.165, 1.54) is 0 Å². The Kier molecular flexibility index (Phi) is 3.88. The van der Waals surface area contributed by atoms with E-state index in [1.54, 1.807) is 0 Å². The highest BCUT2D eigenvalue weighted by atomic mass is 16.4. The molecule has 2 unspecified atom stereocenters. The summed E-state index contributed by atoms with van der Waals surface area (Å²) in [4.78, 5) is 20.9. The van der Waals surface area contributed by atoms with Gasteiger partial charge >= 0.3 is 0 Å². The van der Waals surface area contributed by atoms with Crippen molar-refractivity contribution in [2.24, 2.45) is 0 Å². The van der Waals surface area contributed by atoms with Gasteiger partial charge < -0.3 is 15.3 Å². The fourth-order valence-corrected chi connectivity index (χ4v) is 0.483. The van der Waals surface area contributed by atoms with Crippen LogP contribution >= 0.6 is 0 Å². The summed E-state index contributed by atoms with van der Waals surface area (Å²) < 4.78 is 0. The van der Waals surface area contributed by atoms with E-state index in [1.807, 2.05) is 0 Å². The maximum atomic E-state index is 10.6. The normalized spacial score (nSPS) is 15.6. The molecule has 0 aromatic heterocycles. The highest BCUT2D eigenvalue weighted by Crippen LogP contribution is 1.94. The van der Waals surface area contributed by atoms with Crippen molar-refractivity contribution < 1.29 is 24.9 Å². The number of aliphatic hydroxyl groups is 3. The largest absolute Gasteiger partial charge is 0.394 e. The monoisotopic (exact) mass is 162 g/mol. The van der Waals surface area contributed by atoms with Crippen LogP contribution in [0.2, 0.25) is 0 Å². The van der Waals surface area contributed by atoms with E-state index in [-0.39, 0.29) is 0 Å². The van der Waals surface area contributed by atoms with Crippen molar-refractivity contribution in [3.8, 4) is 0 Å². The van der Waals surface area contributed by atoms with Gasteiger partial charge in [0.05, 0.1) is 6.61 Å². The summed E-state index contributed by atoms with van der Waals surface area (Å²) in [7, 11) is 0. The third-order valence-corrected chi connectivity index (χ3v) is 1.17. The highest BCUT2D eigenvalue weighted by Gasteiger charge is 2.26. The number of Topliss-reactive ketones (excluding diaryl/α,β-unsaturated/α-hetero) is 2. The first-order valence-electron chi connectivity index (χ1n) is 3.02. The van der Waals surface area contributed by atoms with Crippen LogP contribution in [0.3, 0.4) is 0 Å². The molecule has 64 valence electrons. The second-order valence-electron chi connectivity index (χ2n) is 2.12. The fraction of sp³-hybridized carbons (Fsp3) is 0.667. The Labute approximate surface area is 63.3 Å². The molecule has 0 aliphatic heterocycles. The average Bonchev–Trinajstić information content (AvgIpc) is 2.00. The molecule has 0 aromatic rings. The molecule has 2 atom stereocenters. The van der Waals surface area contributed by atoms with Crippen LogP contribution in [-0.4, -0.2) is 45.7 Å². The molecule has 0 aromatic carbocycles. The lowest BCUT2D eigenvalue weighted by atomic mass is 10.1. The summed E-state index contributed by atoms with van der Waals surface area (Å²) in [5.74, 6) is -1.93. The molecule has 0 spiro atoms. The van der Waals surface area contributed by atoms with Gasteiger partial charge in [-0.05, 0) is 0 Å². The van der Waals surface area contributed by atoms with Gasteiger partial charge in [-0.2, -0.15) is 0 Å². The van der Waals surface area contributed by atoms with Crippen molar-refractivity contribution >= 4 is 11.6 Å². The first kappa shape index (κ1) is 10.2. The Morgan fingerprint density at radius 2 is 1.82 bits per heavy atom. The van der Waals surface area contributed by atoms with Gasteiger partial charge in [0.15, 0.2) is 5.78 Å². The van der Waals surface area contributed by atoms with E-state index in [0.29, 0.717) is 0 Å². The molecular weight excluding hydrogens is 152 g/mol. The predicted molar refractivity (Wildman–Crippen MR) is 34.8 cm³/mol. The number of carbonyl (C=O) groups is 2. The summed E-state index contributed by atoms with van der Waals surface area (Å²) in [5, 5.41) is 25.7. The van der Waals surface area contributed by atoms with E-state index in [9.17, 15) is 9.59 Å². The van der Waals surface area contributed by atoms with Gasteiger partial charge in [0, 0.05) is 6.92 Å². The maximum Gasteiger partial charge on any atom is 0.229 e. The Morgan fingerprint density at radius 3 is 2.09 bits per heavy atom. The molecule has 0 aliphatic rings. The van der Waals surface area contributed by atoms with Crippen molar-refractivity contribution in [2.75, 3.05) is 6.61 Å². The first-order chi connectivity index (χ1) is 5.00. The Bertz CT molecular complexity index is 164. The average molecular weight is 162 g/mol. The molecular formula is C6H10O5. The Morgan fingerprint density at radius 1 is 1.36 bits per heavy atom. The molecule has 3 N–H and O–H groups in total. The number of rotatable bonds is 4. The van der Waals surface area contributed by atoms with Gasteiger partial charge in [-0.15, -0.1) is 0 Å². The van der Waals surface area contributed by atoms with E-state index in [4.69, 9.17) is 15.3 Å². The quantitative estimate of drug-likeness (QED) is 0.410. The molecule has 0 rings (SSSR count). The minimum absolute atomic E-state index is 0.750. The molecule has 0 radical (unpaired) electrons. The third kappa shape index (κ3) is 2.75. The molecule has 0 amide bonds. The number of carbonyl (C=O) groups excluding carboxylic acids is 2. The van der Waals surface area contributed by atoms with Crippen LogP contribution in [0.4, 0.5) is 0 Å². The summed E-state index contributed by atoms with van der Waals surface area (Å²) in [6.07, 6.45) is -3.39. The Hall–Kier alpha value is -0.780. The van der Waals surface area contributed by atoms with Gasteiger partial charge in [0.25, 0.3) is 0 Å². The topological polar surface area (TPSA) is 94.8 Å². The lowest BCUT2D eigenvalue weighted by Gasteiger charge is -2.11. The molecule has 0 fully saturated rings. The SMILES string of the molecule is CC(=O)C(=O)C(O)C(O)CO. The molecule has 0 heterocycles. The standard InChI is InChI=1S/C6H10O5/c1-3(8)5(10)6(11)4(9)2-7/h4,6-7,9,11H,2H2,1H3. The third-order valence-electron chi connectivity index (χ3n) is 1.17. The highest BCUT2D eigenvalue weighted by molar-refractivity contribution is 6.38. The van der Waals surface area contributed by atoms with Crippen molar-refractivity contribution in [3.63, 3.8) is 0 Å². The zero-order chi connectivity index (χ0) is 9.02. The van der Waals surface area contributed by atoms with E-state index in [2.05, 4.69) is 0 Å². The predicted octanol–water partition coefficient (Wildman–Crippen LogP) is -2.14. The van der Waals surface area contributed by atoms with Crippen LogP contribution in [0.25, 0.3) is 0 Å². The van der Waals surface area contributed by atoms with Crippen LogP contribution in [0.5, 0.6) is 0 Å². The minimum atomic E-state index is -1.81. The summed E-state index contributed by atoms with van der Waals surface area (Å²) >= 11 is 0. The molecule has 0 saturated carbocycles. The summed E-state index contributed by atoms with van der Waals surface area (Å²) in [6.45, 7) is 0.232. The van der Waals surface area contributed by atoms with Gasteiger partial charge in [0.1, 0.15) is 12.2 Å². The van der Waals surface area contributed by atoms with Crippen LogP contribution in [0.15, 0.2) is 0 Å². The van der Waals surface area contributed by atoms with Gasteiger partial charge in [-0.1, -0.05) is 0 Å². The van der Waals surface area contributed by atoms with Crippen molar-refractivity contribution in [1.29, 1.82) is 0 Å². The maximum absolute atomic E-state index is 10.6. The van der Waals surface area contributed by atoms with Crippen LogP contribution in [0.1, 0.15) is 6.92 Å². The number of hydrogen-bond acceptors (Lipinski definition) is 5. The van der Waals surface area contributed by atoms with Crippen LogP contribution in [-0.2, 0) is 9.59 Å². The molecule has 0 bridgehead atoms. The smallest absolute Gasteiger partial charge is 0.229 e. The number of ketones is 2. The molecule has 11 heavy (non-hydrogen) atoms. The fourth-order valence-electron chi connectivity index (χ4n) is 0.483. The van der Waals surface area contributed by atoms with Crippen molar-refractivity contribution in [1.82, 2.24) is 0 Å². The van der Waals surface area contributed by atoms with Gasteiger partial charge in [0.2, 0.25) is 5.78 Å². The lowest BCUT2D eigenvalue weighted by molar-refractivity contribution is -0.145. The second kappa shape index (κ2) is 4.17. The molecule has 0 aliphatic carbocycles. The van der Waals surface area contributed by atoms with Gasteiger partial charge in [-0.3, -0.25) is 9.59 Å². The number of hydrogen-bond donors (Lipinski definition) is 3. The van der Waals surface area contributed by atoms with Crippen LogP contribution < -0.4 is 0 Å². The van der Waals surface area contributed by atoms with E-state index < -0.39 is 30.4 Å².